The molecule has 4 rings (SSSR count). The zero-order valence-electron chi connectivity index (χ0n) is 16.2. The maximum atomic E-state index is 12.1. The number of aryl methyl sites for hydroxylation is 1. The number of fused-ring (bicyclic) bond motifs is 1. The molecular formula is C22H24N4O2. The van der Waals surface area contributed by atoms with E-state index < -0.39 is 0 Å². The van der Waals surface area contributed by atoms with Crippen molar-refractivity contribution in [1.29, 1.82) is 0 Å². The van der Waals surface area contributed by atoms with Crippen LogP contribution in [0.15, 0.2) is 48.7 Å². The number of hydrogen-bond acceptors (Lipinski definition) is 4. The van der Waals surface area contributed by atoms with E-state index in [1.165, 1.54) is 0 Å². The van der Waals surface area contributed by atoms with Crippen LogP contribution < -0.4 is 10.1 Å². The molecule has 0 bridgehead atoms. The highest BCUT2D eigenvalue weighted by Gasteiger charge is 2.24. The first-order chi connectivity index (χ1) is 13.6. The molecular weight excluding hydrogens is 352 g/mol. The third kappa shape index (κ3) is 3.76. The van der Waals surface area contributed by atoms with Gasteiger partial charge in [0.15, 0.2) is 0 Å². The van der Waals surface area contributed by atoms with E-state index in [0.717, 1.165) is 41.2 Å². The van der Waals surface area contributed by atoms with E-state index in [9.17, 15) is 4.79 Å². The van der Waals surface area contributed by atoms with E-state index in [1.54, 1.807) is 6.20 Å². The number of anilines is 1. The van der Waals surface area contributed by atoms with Gasteiger partial charge in [-0.2, -0.15) is 5.10 Å². The first-order valence-corrected chi connectivity index (χ1v) is 9.67. The lowest BCUT2D eigenvalue weighted by Crippen LogP contribution is -2.15. The molecule has 1 aliphatic heterocycles. The van der Waals surface area contributed by atoms with Gasteiger partial charge in [0.1, 0.15) is 11.5 Å². The van der Waals surface area contributed by atoms with Gasteiger partial charge in [-0.3, -0.25) is 4.79 Å². The van der Waals surface area contributed by atoms with Crippen molar-refractivity contribution < 1.29 is 9.53 Å². The Hall–Kier alpha value is -3.15. The Bertz CT molecular complexity index is 979. The van der Waals surface area contributed by atoms with Crippen LogP contribution in [0.4, 0.5) is 5.82 Å². The lowest BCUT2D eigenvalue weighted by molar-refractivity contribution is -0.116. The Morgan fingerprint density at radius 1 is 1.21 bits per heavy atom. The Kier molecular flexibility index (Phi) is 5.10. The summed E-state index contributed by atoms with van der Waals surface area (Å²) in [5.41, 5.74) is 3.78. The molecule has 144 valence electrons. The molecule has 0 fully saturated rings. The zero-order chi connectivity index (χ0) is 19.5. The number of nitrogens with one attached hydrogen (secondary N) is 1. The van der Waals surface area contributed by atoms with Crippen LogP contribution in [0.25, 0.3) is 22.4 Å². The number of hydrogen-bond donors (Lipinski definition) is 1. The molecule has 6 heteroatoms. The fourth-order valence-electron chi connectivity index (χ4n) is 3.41. The number of pyridine rings is 1. The van der Waals surface area contributed by atoms with E-state index >= 15 is 0 Å². The number of aromatic nitrogens is 3. The van der Waals surface area contributed by atoms with Gasteiger partial charge in [-0.05, 0) is 23.6 Å². The van der Waals surface area contributed by atoms with Crippen molar-refractivity contribution in [2.75, 3.05) is 11.9 Å². The lowest BCUT2D eigenvalue weighted by atomic mass is 10.0. The van der Waals surface area contributed by atoms with Crippen LogP contribution in [-0.4, -0.2) is 27.3 Å². The molecule has 3 heterocycles. The normalized spacial score (nSPS) is 13.1. The molecule has 0 saturated heterocycles. The quantitative estimate of drug-likeness (QED) is 0.717. The topological polar surface area (TPSA) is 69.0 Å². The monoisotopic (exact) mass is 376 g/mol. The van der Waals surface area contributed by atoms with Gasteiger partial charge in [0.25, 0.3) is 0 Å². The van der Waals surface area contributed by atoms with Crippen LogP contribution in [-0.2, 0) is 11.3 Å². The van der Waals surface area contributed by atoms with Gasteiger partial charge in [0.2, 0.25) is 11.8 Å². The van der Waals surface area contributed by atoms with Crippen LogP contribution in [0.3, 0.4) is 0 Å². The predicted octanol–water partition coefficient (Wildman–Crippen LogP) is 4.38. The maximum absolute atomic E-state index is 12.1. The van der Waals surface area contributed by atoms with Gasteiger partial charge < -0.3 is 10.1 Å². The molecule has 6 nitrogen and oxygen atoms in total. The summed E-state index contributed by atoms with van der Waals surface area (Å²) in [7, 11) is 0. The Morgan fingerprint density at radius 3 is 2.82 bits per heavy atom. The van der Waals surface area contributed by atoms with Gasteiger partial charge >= 0.3 is 0 Å². The average Bonchev–Trinajstić information content (AvgIpc) is 3.08. The minimum absolute atomic E-state index is 0.0313. The lowest BCUT2D eigenvalue weighted by Gasteiger charge is -2.16. The summed E-state index contributed by atoms with van der Waals surface area (Å²) in [6.45, 7) is 5.55. The molecule has 1 N–H and O–H groups in total. The SMILES string of the molecule is CC(C)CC(=O)Nc1cc(-c2c(-c3ccccc3)nn3c2OCCC3)ccn1. The number of ether oxygens (including phenoxy) is 1. The van der Waals surface area contributed by atoms with Crippen molar-refractivity contribution in [3.8, 4) is 28.3 Å². The highest BCUT2D eigenvalue weighted by atomic mass is 16.5. The standard InChI is InChI=1S/C22H24N4O2/c1-15(2)13-19(27)24-18-14-17(9-10-23-18)20-21(16-7-4-3-5-8-16)25-26-11-6-12-28-22(20)26/h3-5,7-10,14-15H,6,11-13H2,1-2H3,(H,23,24,27). The molecule has 1 aromatic carbocycles. The summed E-state index contributed by atoms with van der Waals surface area (Å²) >= 11 is 0. The number of amides is 1. The van der Waals surface area contributed by atoms with Gasteiger partial charge in [-0.25, -0.2) is 9.67 Å². The van der Waals surface area contributed by atoms with Gasteiger partial charge in [0, 0.05) is 31.1 Å². The molecule has 0 unspecified atom stereocenters. The zero-order valence-corrected chi connectivity index (χ0v) is 16.2. The molecule has 1 aliphatic rings. The first-order valence-electron chi connectivity index (χ1n) is 9.67. The van der Waals surface area contributed by atoms with Crippen molar-refractivity contribution in [1.82, 2.24) is 14.8 Å². The minimum Gasteiger partial charge on any atom is -0.477 e. The molecule has 3 aromatic rings. The fraction of sp³-hybridized carbons (Fsp3) is 0.318. The van der Waals surface area contributed by atoms with Crippen molar-refractivity contribution in [2.45, 2.75) is 33.2 Å². The second kappa shape index (κ2) is 7.84. The number of rotatable bonds is 5. The van der Waals surface area contributed by atoms with Crippen LogP contribution in [0.1, 0.15) is 26.7 Å². The third-order valence-corrected chi connectivity index (χ3v) is 4.62. The summed E-state index contributed by atoms with van der Waals surface area (Å²) in [5.74, 6) is 1.58. The second-order valence-corrected chi connectivity index (χ2v) is 7.40. The number of carbonyl (C=O) groups is 1. The molecule has 0 radical (unpaired) electrons. The summed E-state index contributed by atoms with van der Waals surface area (Å²) in [6, 6.07) is 13.9. The summed E-state index contributed by atoms with van der Waals surface area (Å²) in [6.07, 6.45) is 3.12. The minimum atomic E-state index is -0.0313. The van der Waals surface area contributed by atoms with Crippen LogP contribution >= 0.6 is 0 Å². The van der Waals surface area contributed by atoms with Gasteiger partial charge in [0.05, 0.1) is 12.2 Å². The van der Waals surface area contributed by atoms with Crippen molar-refractivity contribution in [3.63, 3.8) is 0 Å². The summed E-state index contributed by atoms with van der Waals surface area (Å²) < 4.78 is 7.91. The van der Waals surface area contributed by atoms with Crippen molar-refractivity contribution in [3.05, 3.63) is 48.7 Å². The molecule has 2 aromatic heterocycles. The van der Waals surface area contributed by atoms with E-state index in [-0.39, 0.29) is 5.91 Å². The number of nitrogens with zero attached hydrogens (tertiary/aromatic N) is 3. The Balaban J connectivity index is 1.75. The van der Waals surface area contributed by atoms with Crippen LogP contribution in [0.5, 0.6) is 5.88 Å². The number of carbonyl (C=O) groups excluding carboxylic acids is 1. The molecule has 0 saturated carbocycles. The average molecular weight is 376 g/mol. The summed E-state index contributed by atoms with van der Waals surface area (Å²) in [4.78, 5) is 16.5. The molecule has 1 amide bonds. The van der Waals surface area contributed by atoms with Crippen molar-refractivity contribution in [2.24, 2.45) is 5.92 Å². The molecule has 28 heavy (non-hydrogen) atoms. The van der Waals surface area contributed by atoms with E-state index in [4.69, 9.17) is 9.84 Å². The van der Waals surface area contributed by atoms with Gasteiger partial charge in [-0.15, -0.1) is 0 Å². The molecule has 0 atom stereocenters. The fourth-order valence-corrected chi connectivity index (χ4v) is 3.41. The van der Waals surface area contributed by atoms with E-state index in [1.807, 2.05) is 61.0 Å². The highest BCUT2D eigenvalue weighted by molar-refractivity contribution is 5.91. The van der Waals surface area contributed by atoms with Crippen LogP contribution in [0, 0.1) is 5.92 Å². The molecule has 0 aliphatic carbocycles. The van der Waals surface area contributed by atoms with E-state index in [2.05, 4.69) is 10.3 Å². The molecule has 0 spiro atoms. The van der Waals surface area contributed by atoms with Gasteiger partial charge in [-0.1, -0.05) is 44.2 Å². The summed E-state index contributed by atoms with van der Waals surface area (Å²) in [5, 5.41) is 7.71. The van der Waals surface area contributed by atoms with E-state index in [0.29, 0.717) is 24.8 Å². The maximum Gasteiger partial charge on any atom is 0.225 e. The highest BCUT2D eigenvalue weighted by Crippen LogP contribution is 2.40. The predicted molar refractivity (Wildman–Crippen MR) is 109 cm³/mol. The Labute approximate surface area is 164 Å². The third-order valence-electron chi connectivity index (χ3n) is 4.62. The number of benzene rings is 1. The first kappa shape index (κ1) is 18.2. The second-order valence-electron chi connectivity index (χ2n) is 7.40. The van der Waals surface area contributed by atoms with Crippen LogP contribution in [0.2, 0.25) is 0 Å². The Morgan fingerprint density at radius 2 is 2.04 bits per heavy atom. The largest absolute Gasteiger partial charge is 0.477 e. The van der Waals surface area contributed by atoms with Crippen molar-refractivity contribution >= 4 is 11.7 Å². The smallest absolute Gasteiger partial charge is 0.225 e.